The molecule has 5 atom stereocenters. The van der Waals surface area contributed by atoms with Gasteiger partial charge in [0, 0.05) is 4.90 Å². The van der Waals surface area contributed by atoms with Gasteiger partial charge in [0.15, 0.2) is 6.10 Å². The highest BCUT2D eigenvalue weighted by Gasteiger charge is 2.49. The first-order valence-electron chi connectivity index (χ1n) is 15.3. The summed E-state index contributed by atoms with van der Waals surface area (Å²) in [6.45, 7) is 9.34. The zero-order chi connectivity index (χ0) is 31.8. The molecule has 4 aromatic rings. The van der Waals surface area contributed by atoms with Gasteiger partial charge in [-0.2, -0.15) is 0 Å². The van der Waals surface area contributed by atoms with Crippen molar-refractivity contribution in [3.63, 3.8) is 0 Å². The number of aliphatic hydroxyl groups excluding tert-OH is 1. The Morgan fingerprint density at radius 3 is 2.04 bits per heavy atom. The van der Waals surface area contributed by atoms with Crippen LogP contribution in [0.5, 0.6) is 0 Å². The molecule has 45 heavy (non-hydrogen) atoms. The van der Waals surface area contributed by atoms with Crippen LogP contribution in [-0.4, -0.2) is 47.5 Å². The van der Waals surface area contributed by atoms with Crippen molar-refractivity contribution in [2.24, 2.45) is 0 Å². The molecule has 0 aromatic heterocycles. The van der Waals surface area contributed by atoms with E-state index in [-0.39, 0.29) is 18.6 Å². The van der Waals surface area contributed by atoms with E-state index in [2.05, 4.69) is 45.9 Å². The summed E-state index contributed by atoms with van der Waals surface area (Å²) in [4.78, 5) is 14.5. The molecule has 0 radical (unpaired) electrons. The van der Waals surface area contributed by atoms with Gasteiger partial charge in [0.05, 0.1) is 25.4 Å². The van der Waals surface area contributed by atoms with Crippen LogP contribution in [0.3, 0.4) is 0 Å². The van der Waals surface area contributed by atoms with Crippen molar-refractivity contribution in [1.29, 1.82) is 0 Å². The van der Waals surface area contributed by atoms with Gasteiger partial charge in [0.1, 0.15) is 23.7 Å². The summed E-state index contributed by atoms with van der Waals surface area (Å²) in [7, 11) is 0. The van der Waals surface area contributed by atoms with Crippen molar-refractivity contribution in [1.82, 2.24) is 0 Å². The Morgan fingerprint density at radius 2 is 1.42 bits per heavy atom. The fraction of sp³-hybridized carbons (Fsp3) is 0.342. The summed E-state index contributed by atoms with van der Waals surface area (Å²) >= 11 is 1.48. The standard InChI is InChI=1S/C38H42O6S/c1-26-20-21-30(38(2,3)4)22-32(26)45-37-35(44-36(40)29-18-12-7-13-19-29)34(42-24-28-16-10-6-11-17-28)33(39)31(43-37)25-41-23-27-14-8-5-9-15-27/h5-22,31,33-35,37,39H,23-25H2,1-4H3/t31-,33-,34+,35-,37+/m1/s1. The van der Waals surface area contributed by atoms with Crippen molar-refractivity contribution in [3.8, 4) is 0 Å². The SMILES string of the molecule is Cc1ccc(C(C)(C)C)cc1S[C@@H]1O[C@H](COCc2ccccc2)[C@@H](O)[C@H](OCc2ccccc2)[C@H]1OC(=O)c1ccccc1. The van der Waals surface area contributed by atoms with Crippen LogP contribution in [0.2, 0.25) is 0 Å². The summed E-state index contributed by atoms with van der Waals surface area (Å²) < 4.78 is 25.2. The molecule has 7 heteroatoms. The first-order chi connectivity index (χ1) is 21.7. The molecule has 0 amide bonds. The third-order valence-corrected chi connectivity index (χ3v) is 9.15. The molecule has 0 aliphatic carbocycles. The monoisotopic (exact) mass is 626 g/mol. The minimum atomic E-state index is -1.11. The third kappa shape index (κ3) is 8.84. The Hall–Kier alpha value is -3.46. The Kier molecular flexibility index (Phi) is 11.1. The topological polar surface area (TPSA) is 74.2 Å². The van der Waals surface area contributed by atoms with Gasteiger partial charge in [0.2, 0.25) is 0 Å². The lowest BCUT2D eigenvalue weighted by Gasteiger charge is -2.44. The zero-order valence-electron chi connectivity index (χ0n) is 26.3. The summed E-state index contributed by atoms with van der Waals surface area (Å²) in [5.74, 6) is -0.505. The number of hydrogen-bond donors (Lipinski definition) is 1. The molecule has 0 unspecified atom stereocenters. The number of aryl methyl sites for hydroxylation is 1. The number of aliphatic hydroxyl groups is 1. The molecule has 1 aliphatic rings. The van der Waals surface area contributed by atoms with Crippen LogP contribution in [-0.2, 0) is 37.6 Å². The van der Waals surface area contributed by atoms with Gasteiger partial charge in [0.25, 0.3) is 0 Å². The molecule has 236 valence electrons. The predicted molar refractivity (Wildman–Crippen MR) is 177 cm³/mol. The van der Waals surface area contributed by atoms with Crippen molar-refractivity contribution in [2.75, 3.05) is 6.61 Å². The second kappa shape index (κ2) is 15.2. The molecule has 1 aliphatic heterocycles. The highest BCUT2D eigenvalue weighted by Crippen LogP contribution is 2.39. The number of carbonyl (C=O) groups excluding carboxylic acids is 1. The van der Waals surface area contributed by atoms with Crippen molar-refractivity contribution in [2.45, 2.75) is 81.1 Å². The normalized spacial score (nSPS) is 21.8. The lowest BCUT2D eigenvalue weighted by molar-refractivity contribution is -0.227. The fourth-order valence-electron chi connectivity index (χ4n) is 5.16. The lowest BCUT2D eigenvalue weighted by atomic mass is 9.87. The van der Waals surface area contributed by atoms with Crippen LogP contribution < -0.4 is 0 Å². The molecule has 5 rings (SSSR count). The Balaban J connectivity index is 1.46. The summed E-state index contributed by atoms with van der Waals surface area (Å²) in [6, 6.07) is 34.9. The first kappa shape index (κ1) is 32.9. The van der Waals surface area contributed by atoms with Crippen molar-refractivity contribution in [3.05, 3.63) is 137 Å². The summed E-state index contributed by atoms with van der Waals surface area (Å²) in [6.07, 6.45) is -3.62. The van der Waals surface area contributed by atoms with Crippen LogP contribution in [0.15, 0.2) is 114 Å². The molecule has 0 saturated carbocycles. The lowest BCUT2D eigenvalue weighted by Crippen LogP contribution is -2.60. The molecule has 4 aromatic carbocycles. The van der Waals surface area contributed by atoms with E-state index >= 15 is 0 Å². The molecule has 0 bridgehead atoms. The summed E-state index contributed by atoms with van der Waals surface area (Å²) in [5, 5.41) is 11.7. The van der Waals surface area contributed by atoms with E-state index in [0.29, 0.717) is 12.2 Å². The average molecular weight is 627 g/mol. The number of carbonyl (C=O) groups is 1. The van der Waals surface area contributed by atoms with E-state index < -0.39 is 35.8 Å². The Bertz CT molecular complexity index is 1510. The van der Waals surface area contributed by atoms with Crippen molar-refractivity contribution >= 4 is 17.7 Å². The highest BCUT2D eigenvalue weighted by atomic mass is 32.2. The van der Waals surface area contributed by atoms with Gasteiger partial charge >= 0.3 is 5.97 Å². The van der Waals surface area contributed by atoms with Gasteiger partial charge in [-0.15, -0.1) is 0 Å². The van der Waals surface area contributed by atoms with Crippen LogP contribution in [0.4, 0.5) is 0 Å². The quantitative estimate of drug-likeness (QED) is 0.173. The maximum atomic E-state index is 13.5. The molecule has 1 N–H and O–H groups in total. The van der Waals surface area contributed by atoms with E-state index in [0.717, 1.165) is 21.6 Å². The van der Waals surface area contributed by atoms with Crippen LogP contribution >= 0.6 is 11.8 Å². The molecule has 0 spiro atoms. The maximum Gasteiger partial charge on any atom is 0.338 e. The van der Waals surface area contributed by atoms with Gasteiger partial charge in [-0.25, -0.2) is 4.79 Å². The minimum absolute atomic E-state index is 0.0546. The van der Waals surface area contributed by atoms with Gasteiger partial charge in [-0.05, 0) is 52.8 Å². The van der Waals surface area contributed by atoms with E-state index in [4.69, 9.17) is 18.9 Å². The predicted octanol–water partition coefficient (Wildman–Crippen LogP) is 7.50. The molecular weight excluding hydrogens is 584 g/mol. The highest BCUT2D eigenvalue weighted by molar-refractivity contribution is 7.99. The Labute approximate surface area is 270 Å². The average Bonchev–Trinajstić information content (AvgIpc) is 3.04. The van der Waals surface area contributed by atoms with Gasteiger partial charge in [-0.3, -0.25) is 0 Å². The third-order valence-electron chi connectivity index (χ3n) is 7.85. The van der Waals surface area contributed by atoms with E-state index in [1.807, 2.05) is 66.7 Å². The molecule has 1 heterocycles. The second-order valence-electron chi connectivity index (χ2n) is 12.4. The van der Waals surface area contributed by atoms with Crippen LogP contribution in [0, 0.1) is 6.92 Å². The van der Waals surface area contributed by atoms with Crippen molar-refractivity contribution < 1.29 is 28.8 Å². The second-order valence-corrected chi connectivity index (χ2v) is 13.5. The van der Waals surface area contributed by atoms with E-state index in [1.54, 1.807) is 24.3 Å². The van der Waals surface area contributed by atoms with Gasteiger partial charge in [-0.1, -0.05) is 124 Å². The number of benzene rings is 4. The smallest absolute Gasteiger partial charge is 0.338 e. The Morgan fingerprint density at radius 1 is 0.822 bits per heavy atom. The number of hydrogen-bond acceptors (Lipinski definition) is 7. The first-order valence-corrected chi connectivity index (χ1v) is 16.2. The fourth-order valence-corrected chi connectivity index (χ4v) is 6.40. The zero-order valence-corrected chi connectivity index (χ0v) is 27.1. The molecule has 1 fully saturated rings. The van der Waals surface area contributed by atoms with E-state index in [1.165, 1.54) is 17.3 Å². The number of rotatable bonds is 11. The van der Waals surface area contributed by atoms with Crippen LogP contribution in [0.1, 0.15) is 53.4 Å². The largest absolute Gasteiger partial charge is 0.452 e. The molecular formula is C38H42O6S. The molecule has 1 saturated heterocycles. The number of thioether (sulfide) groups is 1. The van der Waals surface area contributed by atoms with Crippen LogP contribution in [0.25, 0.3) is 0 Å². The molecule has 6 nitrogen and oxygen atoms in total. The summed E-state index contributed by atoms with van der Waals surface area (Å²) in [5.41, 5.74) is 3.91. The number of esters is 1. The van der Waals surface area contributed by atoms with E-state index in [9.17, 15) is 9.90 Å². The minimum Gasteiger partial charge on any atom is -0.452 e. The maximum absolute atomic E-state index is 13.5. The van der Waals surface area contributed by atoms with Gasteiger partial charge < -0.3 is 24.1 Å². The number of ether oxygens (including phenoxy) is 4.